The lowest BCUT2D eigenvalue weighted by molar-refractivity contribution is -0.156. The van der Waals surface area contributed by atoms with Gasteiger partial charge in [-0.05, 0) is 37.5 Å². The molecule has 0 atom stereocenters. The van der Waals surface area contributed by atoms with Crippen molar-refractivity contribution < 1.29 is 14.6 Å². The van der Waals surface area contributed by atoms with Crippen LogP contribution in [0, 0.1) is 6.92 Å². The van der Waals surface area contributed by atoms with E-state index < -0.39 is 5.60 Å². The number of β-amino-alcohol motifs (C(OH)–C–C–N with tert-alkyl or cyclic N) is 1. The highest BCUT2D eigenvalue weighted by Gasteiger charge is 2.42. The summed E-state index contributed by atoms with van der Waals surface area (Å²) in [6.07, 6.45) is 2.90. The number of hydrogen-bond acceptors (Lipinski definition) is 3. The maximum absolute atomic E-state index is 11.9. The molecule has 1 aromatic rings. The number of aliphatic hydroxyl groups is 1. The molecule has 1 aliphatic heterocycles. The first kappa shape index (κ1) is 15.8. The number of carbonyl (C=O) groups excluding carboxylic acids is 1. The van der Waals surface area contributed by atoms with Crippen LogP contribution in [0.1, 0.15) is 38.2 Å². The van der Waals surface area contributed by atoms with Gasteiger partial charge in [-0.25, -0.2) is 0 Å². The molecule has 1 heterocycles. The van der Waals surface area contributed by atoms with Gasteiger partial charge in [0.05, 0.1) is 25.3 Å². The average Bonchev–Trinajstić information content (AvgIpc) is 2.41. The molecule has 21 heavy (non-hydrogen) atoms. The van der Waals surface area contributed by atoms with E-state index >= 15 is 0 Å². The molecular formula is C17H25NO3. The van der Waals surface area contributed by atoms with E-state index in [-0.39, 0.29) is 5.91 Å². The third-order valence-electron chi connectivity index (χ3n) is 3.83. The van der Waals surface area contributed by atoms with Gasteiger partial charge in [-0.1, -0.05) is 25.5 Å². The van der Waals surface area contributed by atoms with E-state index in [1.165, 1.54) is 5.56 Å². The van der Waals surface area contributed by atoms with Gasteiger partial charge < -0.3 is 14.7 Å². The van der Waals surface area contributed by atoms with Crippen molar-refractivity contribution >= 4 is 5.91 Å². The normalized spacial score (nSPS) is 16.4. The highest BCUT2D eigenvalue weighted by Crippen LogP contribution is 2.26. The van der Waals surface area contributed by atoms with Crippen molar-refractivity contribution in [2.75, 3.05) is 19.7 Å². The second kappa shape index (κ2) is 6.94. The predicted molar refractivity (Wildman–Crippen MR) is 82.3 cm³/mol. The lowest BCUT2D eigenvalue weighted by atomic mass is 9.89. The monoisotopic (exact) mass is 291 g/mol. The van der Waals surface area contributed by atoms with Crippen molar-refractivity contribution in [1.29, 1.82) is 0 Å². The van der Waals surface area contributed by atoms with E-state index in [0.29, 0.717) is 32.5 Å². The molecule has 0 aliphatic carbocycles. The Morgan fingerprint density at radius 1 is 1.43 bits per heavy atom. The third kappa shape index (κ3) is 4.46. The molecule has 0 spiro atoms. The molecule has 0 radical (unpaired) electrons. The van der Waals surface area contributed by atoms with Gasteiger partial charge in [0.15, 0.2) is 0 Å². The second-order valence-corrected chi connectivity index (χ2v) is 5.99. The maximum atomic E-state index is 11.9. The van der Waals surface area contributed by atoms with Crippen molar-refractivity contribution in [3.63, 3.8) is 0 Å². The van der Waals surface area contributed by atoms with Gasteiger partial charge in [0.1, 0.15) is 5.75 Å². The standard InChI is InChI=1S/C17H25NO3/c1-3-9-17(20)12-18(13-17)16(19)8-5-10-21-15-7-4-6-14(2)11-15/h4,6-7,11,20H,3,5,8-10,12-13H2,1-2H3. The van der Waals surface area contributed by atoms with Crippen LogP contribution in [0.4, 0.5) is 0 Å². The van der Waals surface area contributed by atoms with Crippen LogP contribution in [0.2, 0.25) is 0 Å². The highest BCUT2D eigenvalue weighted by molar-refractivity contribution is 5.77. The molecular weight excluding hydrogens is 266 g/mol. The second-order valence-electron chi connectivity index (χ2n) is 5.99. The Bertz CT molecular complexity index is 481. The number of rotatable bonds is 7. The predicted octanol–water partition coefficient (Wildman–Crippen LogP) is 2.53. The summed E-state index contributed by atoms with van der Waals surface area (Å²) < 4.78 is 5.63. The van der Waals surface area contributed by atoms with Crippen molar-refractivity contribution in [3.05, 3.63) is 29.8 Å². The van der Waals surface area contributed by atoms with Crippen molar-refractivity contribution in [1.82, 2.24) is 4.90 Å². The van der Waals surface area contributed by atoms with Crippen molar-refractivity contribution in [3.8, 4) is 5.75 Å². The minimum absolute atomic E-state index is 0.114. The summed E-state index contributed by atoms with van der Waals surface area (Å²) in [5.74, 6) is 0.965. The van der Waals surface area contributed by atoms with Crippen LogP contribution >= 0.6 is 0 Å². The third-order valence-corrected chi connectivity index (χ3v) is 3.83. The fourth-order valence-corrected chi connectivity index (χ4v) is 2.74. The Balaban J connectivity index is 1.62. The van der Waals surface area contributed by atoms with Gasteiger partial charge in [0.25, 0.3) is 0 Å². The van der Waals surface area contributed by atoms with Crippen molar-refractivity contribution in [2.45, 2.75) is 45.1 Å². The van der Waals surface area contributed by atoms with Crippen LogP contribution in [0.25, 0.3) is 0 Å². The summed E-state index contributed by atoms with van der Waals surface area (Å²) in [6.45, 7) is 5.59. The van der Waals surface area contributed by atoms with E-state index in [4.69, 9.17) is 4.74 Å². The fourth-order valence-electron chi connectivity index (χ4n) is 2.74. The van der Waals surface area contributed by atoms with Crippen LogP contribution in [0.3, 0.4) is 0 Å². The Hall–Kier alpha value is -1.55. The van der Waals surface area contributed by atoms with Gasteiger partial charge in [0, 0.05) is 6.42 Å². The number of amides is 1. The quantitative estimate of drug-likeness (QED) is 0.785. The maximum Gasteiger partial charge on any atom is 0.222 e. The Morgan fingerprint density at radius 2 is 2.19 bits per heavy atom. The smallest absolute Gasteiger partial charge is 0.222 e. The van der Waals surface area contributed by atoms with Gasteiger partial charge in [-0.2, -0.15) is 0 Å². The number of aryl methyl sites for hydroxylation is 1. The van der Waals surface area contributed by atoms with E-state index in [9.17, 15) is 9.90 Å². The van der Waals surface area contributed by atoms with E-state index in [1.54, 1.807) is 4.90 Å². The number of ether oxygens (including phenoxy) is 1. The van der Waals surface area contributed by atoms with Gasteiger partial charge >= 0.3 is 0 Å². The molecule has 2 rings (SSSR count). The molecule has 1 fully saturated rings. The molecule has 1 N–H and O–H groups in total. The first-order chi connectivity index (χ1) is 10.0. The minimum Gasteiger partial charge on any atom is -0.494 e. The first-order valence-electron chi connectivity index (χ1n) is 7.72. The average molecular weight is 291 g/mol. The molecule has 1 aliphatic rings. The largest absolute Gasteiger partial charge is 0.494 e. The van der Waals surface area contributed by atoms with Gasteiger partial charge in [-0.15, -0.1) is 0 Å². The Kier molecular flexibility index (Phi) is 5.23. The van der Waals surface area contributed by atoms with Crippen LogP contribution in [-0.2, 0) is 4.79 Å². The Morgan fingerprint density at radius 3 is 2.86 bits per heavy atom. The van der Waals surface area contributed by atoms with Crippen molar-refractivity contribution in [2.24, 2.45) is 0 Å². The van der Waals surface area contributed by atoms with E-state index in [2.05, 4.69) is 0 Å². The summed E-state index contributed by atoms with van der Waals surface area (Å²) in [5, 5.41) is 10.1. The topological polar surface area (TPSA) is 49.8 Å². The SMILES string of the molecule is CCCC1(O)CN(C(=O)CCCOc2cccc(C)c2)C1. The number of benzene rings is 1. The number of hydrogen-bond donors (Lipinski definition) is 1. The molecule has 116 valence electrons. The summed E-state index contributed by atoms with van der Waals surface area (Å²) >= 11 is 0. The number of likely N-dealkylation sites (tertiary alicyclic amines) is 1. The van der Waals surface area contributed by atoms with E-state index in [0.717, 1.165) is 18.6 Å². The van der Waals surface area contributed by atoms with Gasteiger partial charge in [0.2, 0.25) is 5.91 Å². The molecule has 1 aromatic carbocycles. The molecule has 0 aromatic heterocycles. The molecule has 0 saturated carbocycles. The van der Waals surface area contributed by atoms with Gasteiger partial charge in [-0.3, -0.25) is 4.79 Å². The molecule has 4 heteroatoms. The zero-order valence-electron chi connectivity index (χ0n) is 13.0. The highest BCUT2D eigenvalue weighted by atomic mass is 16.5. The zero-order valence-corrected chi connectivity index (χ0v) is 13.0. The molecule has 4 nitrogen and oxygen atoms in total. The van der Waals surface area contributed by atoms with Crippen LogP contribution in [0.15, 0.2) is 24.3 Å². The molecule has 1 amide bonds. The number of nitrogens with zero attached hydrogens (tertiary/aromatic N) is 1. The summed E-state index contributed by atoms with van der Waals surface area (Å²) in [6, 6.07) is 7.90. The van der Waals surface area contributed by atoms with Crippen LogP contribution in [0.5, 0.6) is 5.75 Å². The minimum atomic E-state index is -0.636. The molecule has 0 unspecified atom stereocenters. The lowest BCUT2D eigenvalue weighted by Gasteiger charge is -2.46. The Labute approximate surface area is 126 Å². The number of carbonyl (C=O) groups is 1. The van der Waals surface area contributed by atoms with E-state index in [1.807, 2.05) is 38.1 Å². The fraction of sp³-hybridized carbons (Fsp3) is 0.588. The lowest BCUT2D eigenvalue weighted by Crippen LogP contribution is -2.63. The first-order valence-corrected chi connectivity index (χ1v) is 7.72. The summed E-state index contributed by atoms with van der Waals surface area (Å²) in [7, 11) is 0. The van der Waals surface area contributed by atoms with Crippen LogP contribution < -0.4 is 4.74 Å². The molecule has 0 bridgehead atoms. The zero-order chi connectivity index (χ0) is 15.3. The van der Waals surface area contributed by atoms with Crippen LogP contribution in [-0.4, -0.2) is 41.2 Å². The molecule has 1 saturated heterocycles. The summed E-state index contributed by atoms with van der Waals surface area (Å²) in [4.78, 5) is 13.7. The summed E-state index contributed by atoms with van der Waals surface area (Å²) in [5.41, 5.74) is 0.530.